The topological polar surface area (TPSA) is 197 Å². The lowest BCUT2D eigenvalue weighted by Gasteiger charge is -2.40. The van der Waals surface area contributed by atoms with E-state index in [0.29, 0.717) is 25.8 Å². The minimum absolute atomic E-state index is 0.0824. The molecule has 1 rings (SSSR count). The highest BCUT2D eigenvalue weighted by molar-refractivity contribution is 5.79. The van der Waals surface area contributed by atoms with Gasteiger partial charge in [0.25, 0.3) is 0 Å². The molecule has 1 aliphatic rings. The molecule has 0 aliphatic carbocycles. The Morgan fingerprint density at radius 2 is 0.635 bits per heavy atom. The van der Waals surface area contributed by atoms with Gasteiger partial charge >= 0.3 is 41.9 Å². The Hall–Kier alpha value is -4.03. The summed E-state index contributed by atoms with van der Waals surface area (Å²) >= 11 is 0. The Morgan fingerprint density at radius 1 is 0.365 bits per heavy atom. The molecule has 430 valence electrons. The summed E-state index contributed by atoms with van der Waals surface area (Å²) in [6.45, 7) is 7.56. The van der Waals surface area contributed by atoms with Gasteiger partial charge < -0.3 is 38.1 Å². The number of esters is 6. The normalized spacial score (nSPS) is 14.5. The third-order valence-electron chi connectivity index (χ3n) is 12.9. The maximum absolute atomic E-state index is 13.8. The lowest BCUT2D eigenvalue weighted by Crippen LogP contribution is -2.54. The third kappa shape index (κ3) is 37.7. The van der Waals surface area contributed by atoms with Gasteiger partial charge in [-0.15, -0.1) is 0 Å². The summed E-state index contributed by atoms with van der Waals surface area (Å²) in [6, 6.07) is -1.30. The van der Waals surface area contributed by atoms with Crippen LogP contribution in [0.1, 0.15) is 201 Å². The number of ether oxygens (including phenoxy) is 7. The van der Waals surface area contributed by atoms with Crippen molar-refractivity contribution in [2.75, 3.05) is 106 Å². The van der Waals surface area contributed by atoms with E-state index in [1.807, 2.05) is 19.0 Å². The average molecular weight is 1060 g/mol. The predicted molar refractivity (Wildman–Crippen MR) is 285 cm³/mol. The van der Waals surface area contributed by atoms with Gasteiger partial charge in [-0.2, -0.15) is 0 Å². The second-order valence-electron chi connectivity index (χ2n) is 20.2. The smallest absolute Gasteiger partial charge is 0.410 e. The number of amides is 1. The average Bonchev–Trinajstić information content (AvgIpc) is 3.36. The molecule has 1 saturated heterocycles. The quantitative estimate of drug-likeness (QED) is 0.0317. The van der Waals surface area contributed by atoms with Crippen LogP contribution in [0.15, 0.2) is 0 Å². The zero-order chi connectivity index (χ0) is 54.4. The largest absolute Gasteiger partial charge is 0.465 e. The Balaban J connectivity index is 3.06. The number of unbranched alkanes of at least 4 members (excludes halogenated alkanes) is 20. The molecule has 0 bridgehead atoms. The number of piperidine rings is 1. The van der Waals surface area contributed by atoms with Crippen molar-refractivity contribution < 1.29 is 66.7 Å². The molecule has 0 saturated carbocycles. The van der Waals surface area contributed by atoms with E-state index in [1.54, 1.807) is 0 Å². The molecule has 18 heteroatoms. The Kier molecular flexibility index (Phi) is 42.5. The zero-order valence-electron chi connectivity index (χ0n) is 47.2. The van der Waals surface area contributed by atoms with Crippen LogP contribution in [-0.4, -0.2) is 180 Å². The Bertz CT molecular complexity index is 1340. The first-order chi connectivity index (χ1) is 35.8. The first-order valence-electron chi connectivity index (χ1n) is 28.8. The highest BCUT2D eigenvalue weighted by atomic mass is 16.6. The molecule has 0 aromatic rings. The number of carbonyl (C=O) groups is 7. The third-order valence-corrected chi connectivity index (χ3v) is 12.9. The van der Waals surface area contributed by atoms with Gasteiger partial charge in [-0.3, -0.25) is 43.5 Å². The van der Waals surface area contributed by atoms with E-state index >= 15 is 0 Å². The molecule has 1 aliphatic heterocycles. The number of carbonyl (C=O) groups excluding carboxylic acids is 7. The number of hydrogen-bond donors (Lipinski definition) is 0. The van der Waals surface area contributed by atoms with Gasteiger partial charge in [0, 0.05) is 6.54 Å². The molecular formula is C56H102N4O14. The van der Waals surface area contributed by atoms with Crippen molar-refractivity contribution in [3.63, 3.8) is 0 Å². The monoisotopic (exact) mass is 1050 g/mol. The summed E-state index contributed by atoms with van der Waals surface area (Å²) in [6.07, 6.45) is 25.4. The van der Waals surface area contributed by atoms with Gasteiger partial charge in [-0.25, -0.2) is 4.79 Å². The standard InChI is InChI=1S/C56H102N4O14/c1-7-11-15-19-23-27-35-68-50(61)40-58(41-51(62)69-36-28-24-20-16-12-8-2)44-54(65)73-46-48-32-31-33-49(60(48)56(67)72-39-34-57(5)6)47-74-55(66)45-59(42-52(63)70-37-29-25-21-17-13-9-3)43-53(64)71-38-30-26-22-18-14-10-4/h48-49H,7-47H2,1-6H3/t48-,49-/m0/s1. The number of rotatable bonds is 47. The lowest BCUT2D eigenvalue weighted by molar-refractivity contribution is -0.154. The zero-order valence-corrected chi connectivity index (χ0v) is 47.2. The van der Waals surface area contributed by atoms with E-state index in [2.05, 4.69) is 27.7 Å². The van der Waals surface area contributed by atoms with Gasteiger partial charge in [-0.05, 0) is 59.0 Å². The lowest BCUT2D eigenvalue weighted by atomic mass is 9.97. The van der Waals surface area contributed by atoms with Crippen molar-refractivity contribution in [3.8, 4) is 0 Å². The van der Waals surface area contributed by atoms with Crippen LogP contribution in [0, 0.1) is 0 Å². The summed E-state index contributed by atoms with van der Waals surface area (Å²) in [7, 11) is 3.70. The fraction of sp³-hybridized carbons (Fsp3) is 0.875. The van der Waals surface area contributed by atoms with Crippen molar-refractivity contribution >= 4 is 41.9 Å². The Morgan fingerprint density at radius 3 is 0.919 bits per heavy atom. The minimum atomic E-state index is -0.719. The van der Waals surface area contributed by atoms with Crippen molar-refractivity contribution in [2.45, 2.75) is 213 Å². The van der Waals surface area contributed by atoms with E-state index in [-0.39, 0.29) is 72.4 Å². The fourth-order valence-electron chi connectivity index (χ4n) is 8.54. The van der Waals surface area contributed by atoms with Crippen LogP contribution < -0.4 is 0 Å². The number of hydrogen-bond acceptors (Lipinski definition) is 17. The van der Waals surface area contributed by atoms with E-state index < -0.39 is 67.1 Å². The highest BCUT2D eigenvalue weighted by Crippen LogP contribution is 2.25. The van der Waals surface area contributed by atoms with Crippen LogP contribution in [0.4, 0.5) is 4.79 Å². The summed E-state index contributed by atoms with van der Waals surface area (Å²) < 4.78 is 39.1. The van der Waals surface area contributed by atoms with Crippen LogP contribution in [0.5, 0.6) is 0 Å². The van der Waals surface area contributed by atoms with Crippen molar-refractivity contribution in [2.24, 2.45) is 0 Å². The molecule has 1 amide bonds. The van der Waals surface area contributed by atoms with Crippen molar-refractivity contribution in [1.29, 1.82) is 0 Å². The van der Waals surface area contributed by atoms with Crippen LogP contribution in [0.2, 0.25) is 0 Å². The fourth-order valence-corrected chi connectivity index (χ4v) is 8.54. The molecule has 0 radical (unpaired) electrons. The molecule has 0 unspecified atom stereocenters. The van der Waals surface area contributed by atoms with E-state index in [0.717, 1.165) is 154 Å². The Labute approximate surface area is 446 Å². The molecule has 74 heavy (non-hydrogen) atoms. The van der Waals surface area contributed by atoms with Crippen molar-refractivity contribution in [1.82, 2.24) is 19.6 Å². The summed E-state index contributed by atoms with van der Waals surface area (Å²) in [4.78, 5) is 98.6. The number of nitrogens with zero attached hydrogens (tertiary/aromatic N) is 4. The molecule has 0 N–H and O–H groups in total. The second-order valence-corrected chi connectivity index (χ2v) is 20.2. The van der Waals surface area contributed by atoms with Gasteiger partial charge in [0.15, 0.2) is 0 Å². The van der Waals surface area contributed by atoms with Gasteiger partial charge in [0.1, 0.15) is 19.8 Å². The van der Waals surface area contributed by atoms with Crippen LogP contribution >= 0.6 is 0 Å². The summed E-state index contributed by atoms with van der Waals surface area (Å²) in [5.74, 6) is -3.71. The molecule has 0 spiro atoms. The van der Waals surface area contributed by atoms with Crippen molar-refractivity contribution in [3.05, 3.63) is 0 Å². The number of likely N-dealkylation sites (tertiary alicyclic amines) is 1. The highest BCUT2D eigenvalue weighted by Gasteiger charge is 2.37. The van der Waals surface area contributed by atoms with Gasteiger partial charge in [-0.1, -0.05) is 156 Å². The minimum Gasteiger partial charge on any atom is -0.465 e. The molecule has 1 heterocycles. The van der Waals surface area contributed by atoms with E-state index in [9.17, 15) is 33.6 Å². The van der Waals surface area contributed by atoms with Crippen LogP contribution in [0.3, 0.4) is 0 Å². The van der Waals surface area contributed by atoms with Gasteiger partial charge in [0.05, 0.1) is 77.8 Å². The molecular weight excluding hydrogens is 953 g/mol. The molecule has 18 nitrogen and oxygen atoms in total. The predicted octanol–water partition coefficient (Wildman–Crippen LogP) is 9.21. The molecule has 0 aromatic heterocycles. The SMILES string of the molecule is CCCCCCCCOC(=O)CN(CC(=O)OCCCCCCCC)CC(=O)OC[C@@H]1CCC[C@@H](COC(=O)CN(CC(=O)OCCCCCCCC)CC(=O)OCCCCCCCC)N1C(=O)OCCN(C)C. The molecule has 1 fully saturated rings. The maximum atomic E-state index is 13.8. The maximum Gasteiger partial charge on any atom is 0.410 e. The van der Waals surface area contributed by atoms with Crippen LogP contribution in [0.25, 0.3) is 0 Å². The second kappa shape index (κ2) is 46.3. The van der Waals surface area contributed by atoms with Crippen LogP contribution in [-0.2, 0) is 61.9 Å². The first kappa shape index (κ1) is 68.0. The summed E-state index contributed by atoms with van der Waals surface area (Å²) in [5.41, 5.74) is 0. The summed E-state index contributed by atoms with van der Waals surface area (Å²) in [5, 5.41) is 0. The molecule has 2 atom stereocenters. The molecule has 0 aromatic carbocycles. The van der Waals surface area contributed by atoms with E-state index in [4.69, 9.17) is 33.2 Å². The number of likely N-dealkylation sites (N-methyl/N-ethyl adjacent to an activating group) is 1. The first-order valence-corrected chi connectivity index (χ1v) is 28.8. The van der Waals surface area contributed by atoms with Gasteiger partial charge in [0.2, 0.25) is 0 Å². The van der Waals surface area contributed by atoms with E-state index in [1.165, 1.54) is 14.7 Å².